The SMILES string of the molecule is O=C(Cn1nc(-c2ccncc2)ccc1=O)N1CCCC1. The zero-order valence-electron chi connectivity index (χ0n) is 11.6. The Bertz CT molecular complexity index is 690. The van der Waals surface area contributed by atoms with E-state index in [1.165, 1.54) is 10.7 Å². The Morgan fingerprint density at radius 3 is 2.52 bits per heavy atom. The number of carbonyl (C=O) groups is 1. The fourth-order valence-corrected chi connectivity index (χ4v) is 2.43. The van der Waals surface area contributed by atoms with E-state index in [-0.39, 0.29) is 18.0 Å². The van der Waals surface area contributed by atoms with Crippen molar-refractivity contribution >= 4 is 5.91 Å². The highest BCUT2D eigenvalue weighted by Gasteiger charge is 2.19. The second-order valence-electron chi connectivity index (χ2n) is 5.04. The molecule has 0 radical (unpaired) electrons. The molecule has 1 aliphatic heterocycles. The van der Waals surface area contributed by atoms with E-state index in [0.29, 0.717) is 5.69 Å². The highest BCUT2D eigenvalue weighted by molar-refractivity contribution is 5.76. The van der Waals surface area contributed by atoms with Gasteiger partial charge in [0.15, 0.2) is 0 Å². The summed E-state index contributed by atoms with van der Waals surface area (Å²) in [4.78, 5) is 29.7. The lowest BCUT2D eigenvalue weighted by Crippen LogP contribution is -2.35. The zero-order valence-corrected chi connectivity index (χ0v) is 11.6. The lowest BCUT2D eigenvalue weighted by molar-refractivity contribution is -0.131. The standard InChI is InChI=1S/C15H16N4O2/c20-14-4-3-13(12-5-7-16-8-6-12)17-19(14)11-15(21)18-9-1-2-10-18/h3-8H,1-2,9-11H2. The number of rotatable bonds is 3. The highest BCUT2D eigenvalue weighted by atomic mass is 16.2. The molecule has 0 bridgehead atoms. The van der Waals surface area contributed by atoms with Gasteiger partial charge < -0.3 is 4.90 Å². The summed E-state index contributed by atoms with van der Waals surface area (Å²) in [6.07, 6.45) is 5.40. The van der Waals surface area contributed by atoms with Gasteiger partial charge in [-0.1, -0.05) is 0 Å². The van der Waals surface area contributed by atoms with Gasteiger partial charge >= 0.3 is 0 Å². The van der Waals surface area contributed by atoms with Gasteiger partial charge in [0.25, 0.3) is 5.56 Å². The number of amides is 1. The molecule has 2 aromatic heterocycles. The lowest BCUT2D eigenvalue weighted by atomic mass is 10.2. The van der Waals surface area contributed by atoms with Crippen molar-refractivity contribution in [3.63, 3.8) is 0 Å². The first-order valence-corrected chi connectivity index (χ1v) is 7.00. The van der Waals surface area contributed by atoms with E-state index in [4.69, 9.17) is 0 Å². The van der Waals surface area contributed by atoms with E-state index < -0.39 is 0 Å². The Morgan fingerprint density at radius 1 is 1.10 bits per heavy atom. The van der Waals surface area contributed by atoms with Crippen LogP contribution in [-0.2, 0) is 11.3 Å². The summed E-state index contributed by atoms with van der Waals surface area (Å²) < 4.78 is 1.23. The average molecular weight is 284 g/mol. The normalized spacial score (nSPS) is 14.4. The van der Waals surface area contributed by atoms with E-state index >= 15 is 0 Å². The predicted molar refractivity (Wildman–Crippen MR) is 77.5 cm³/mol. The van der Waals surface area contributed by atoms with E-state index in [9.17, 15) is 9.59 Å². The Kier molecular flexibility index (Phi) is 3.77. The minimum absolute atomic E-state index is 0.00223. The molecule has 1 amide bonds. The van der Waals surface area contributed by atoms with E-state index in [1.54, 1.807) is 23.4 Å². The molecule has 1 saturated heterocycles. The Balaban J connectivity index is 1.85. The van der Waals surface area contributed by atoms with Crippen LogP contribution in [0.25, 0.3) is 11.3 Å². The van der Waals surface area contributed by atoms with Gasteiger partial charge in [-0.15, -0.1) is 0 Å². The van der Waals surface area contributed by atoms with Gasteiger partial charge in [-0.25, -0.2) is 4.68 Å². The molecule has 21 heavy (non-hydrogen) atoms. The average Bonchev–Trinajstić information content (AvgIpc) is 3.05. The molecule has 0 N–H and O–H groups in total. The molecule has 6 heteroatoms. The highest BCUT2D eigenvalue weighted by Crippen LogP contribution is 2.13. The van der Waals surface area contributed by atoms with Crippen molar-refractivity contribution in [2.75, 3.05) is 13.1 Å². The third-order valence-corrected chi connectivity index (χ3v) is 3.59. The van der Waals surface area contributed by atoms with Gasteiger partial charge in [0.05, 0.1) is 5.69 Å². The molecule has 108 valence electrons. The maximum atomic E-state index is 12.1. The van der Waals surface area contributed by atoms with Crippen molar-refractivity contribution in [2.24, 2.45) is 0 Å². The minimum atomic E-state index is -0.264. The number of likely N-dealkylation sites (tertiary alicyclic amines) is 1. The molecule has 6 nitrogen and oxygen atoms in total. The summed E-state index contributed by atoms with van der Waals surface area (Å²) in [7, 11) is 0. The van der Waals surface area contributed by atoms with Crippen LogP contribution in [0.3, 0.4) is 0 Å². The van der Waals surface area contributed by atoms with Crippen molar-refractivity contribution in [1.29, 1.82) is 0 Å². The quantitative estimate of drug-likeness (QED) is 0.841. The molecule has 0 unspecified atom stereocenters. The summed E-state index contributed by atoms with van der Waals surface area (Å²) in [6.45, 7) is 1.55. The molecule has 0 atom stereocenters. The Morgan fingerprint density at radius 2 is 1.81 bits per heavy atom. The third kappa shape index (κ3) is 2.99. The van der Waals surface area contributed by atoms with Gasteiger partial charge in [-0.05, 0) is 31.0 Å². The molecule has 0 aliphatic carbocycles. The molecule has 3 heterocycles. The minimum Gasteiger partial charge on any atom is -0.341 e. The number of carbonyl (C=O) groups excluding carboxylic acids is 1. The first kappa shape index (κ1) is 13.5. The maximum absolute atomic E-state index is 12.1. The van der Waals surface area contributed by atoms with Crippen LogP contribution in [0.15, 0.2) is 41.5 Å². The van der Waals surface area contributed by atoms with Gasteiger partial charge in [0.1, 0.15) is 6.54 Å². The summed E-state index contributed by atoms with van der Waals surface area (Å²) in [6, 6.07) is 6.74. The van der Waals surface area contributed by atoms with Crippen LogP contribution in [0.5, 0.6) is 0 Å². The second kappa shape index (κ2) is 5.87. The van der Waals surface area contributed by atoms with Crippen molar-refractivity contribution in [3.8, 4) is 11.3 Å². The molecular formula is C15H16N4O2. The summed E-state index contributed by atoms with van der Waals surface area (Å²) in [5.74, 6) is -0.0472. The van der Waals surface area contributed by atoms with Gasteiger partial charge in [-0.3, -0.25) is 14.6 Å². The largest absolute Gasteiger partial charge is 0.341 e. The fourth-order valence-electron chi connectivity index (χ4n) is 2.43. The van der Waals surface area contributed by atoms with E-state index in [1.807, 2.05) is 12.1 Å². The van der Waals surface area contributed by atoms with E-state index in [2.05, 4.69) is 10.1 Å². The number of pyridine rings is 1. The summed E-state index contributed by atoms with van der Waals surface area (Å²) in [5.41, 5.74) is 1.26. The van der Waals surface area contributed by atoms with Crippen LogP contribution in [-0.4, -0.2) is 38.7 Å². The van der Waals surface area contributed by atoms with Gasteiger partial charge in [0, 0.05) is 37.1 Å². The van der Waals surface area contributed by atoms with Crippen LogP contribution in [0.2, 0.25) is 0 Å². The zero-order chi connectivity index (χ0) is 14.7. The van der Waals surface area contributed by atoms with Crippen molar-refractivity contribution < 1.29 is 4.79 Å². The van der Waals surface area contributed by atoms with Crippen molar-refractivity contribution in [1.82, 2.24) is 19.7 Å². The molecule has 3 rings (SSSR count). The van der Waals surface area contributed by atoms with Gasteiger partial charge in [-0.2, -0.15) is 5.10 Å². The van der Waals surface area contributed by atoms with Crippen molar-refractivity contribution in [2.45, 2.75) is 19.4 Å². The van der Waals surface area contributed by atoms with Crippen LogP contribution in [0.1, 0.15) is 12.8 Å². The first-order valence-electron chi connectivity index (χ1n) is 7.00. The van der Waals surface area contributed by atoms with E-state index in [0.717, 1.165) is 31.5 Å². The molecule has 1 fully saturated rings. The first-order chi connectivity index (χ1) is 10.2. The Labute approximate surface area is 122 Å². The van der Waals surface area contributed by atoms with Crippen LogP contribution < -0.4 is 5.56 Å². The summed E-state index contributed by atoms with van der Waals surface area (Å²) in [5, 5.41) is 4.28. The molecule has 1 aliphatic rings. The third-order valence-electron chi connectivity index (χ3n) is 3.59. The molecule has 0 aromatic carbocycles. The van der Waals surface area contributed by atoms with Crippen LogP contribution in [0, 0.1) is 0 Å². The topological polar surface area (TPSA) is 68.1 Å². The maximum Gasteiger partial charge on any atom is 0.267 e. The van der Waals surface area contributed by atoms with Crippen molar-refractivity contribution in [3.05, 3.63) is 47.0 Å². The monoisotopic (exact) mass is 284 g/mol. The molecular weight excluding hydrogens is 268 g/mol. The van der Waals surface area contributed by atoms with Crippen LogP contribution >= 0.6 is 0 Å². The van der Waals surface area contributed by atoms with Gasteiger partial charge in [0.2, 0.25) is 5.91 Å². The number of aromatic nitrogens is 3. The molecule has 0 saturated carbocycles. The van der Waals surface area contributed by atoms with Crippen LogP contribution in [0.4, 0.5) is 0 Å². The summed E-state index contributed by atoms with van der Waals surface area (Å²) >= 11 is 0. The number of hydrogen-bond acceptors (Lipinski definition) is 4. The predicted octanol–water partition coefficient (Wildman–Crippen LogP) is 0.928. The molecule has 2 aromatic rings. The smallest absolute Gasteiger partial charge is 0.267 e. The lowest BCUT2D eigenvalue weighted by Gasteiger charge is -2.15. The second-order valence-corrected chi connectivity index (χ2v) is 5.04. The number of nitrogens with zero attached hydrogens (tertiary/aromatic N) is 4. The number of hydrogen-bond donors (Lipinski definition) is 0. The molecule has 0 spiro atoms. The fraction of sp³-hybridized carbons (Fsp3) is 0.333. The Hall–Kier alpha value is -2.50.